The second-order valence-corrected chi connectivity index (χ2v) is 20.3. The Bertz CT molecular complexity index is 2960. The van der Waals surface area contributed by atoms with E-state index in [2.05, 4.69) is 229 Å². The minimum Gasteiger partial charge on any atom is -0.310 e. The van der Waals surface area contributed by atoms with E-state index in [1.165, 1.54) is 75.0 Å². The van der Waals surface area contributed by atoms with Crippen LogP contribution in [0.15, 0.2) is 234 Å². The highest BCUT2D eigenvalue weighted by atomic mass is 32.2. The van der Waals surface area contributed by atoms with Gasteiger partial charge < -0.3 is 4.90 Å². The van der Waals surface area contributed by atoms with Crippen LogP contribution in [0.5, 0.6) is 0 Å². The van der Waals surface area contributed by atoms with Crippen molar-refractivity contribution < 1.29 is 0 Å². The van der Waals surface area contributed by atoms with E-state index in [0.717, 1.165) is 17.1 Å². The first kappa shape index (κ1) is 33.5. The Morgan fingerprint density at radius 3 is 1.48 bits per heavy atom. The fourth-order valence-electron chi connectivity index (χ4n) is 10.6. The van der Waals surface area contributed by atoms with Crippen LogP contribution < -0.4 is 25.6 Å². The van der Waals surface area contributed by atoms with E-state index in [0.29, 0.717) is 0 Å². The van der Waals surface area contributed by atoms with Gasteiger partial charge in [0.25, 0.3) is 0 Å². The monoisotopic (exact) mass is 771 g/mol. The summed E-state index contributed by atoms with van der Waals surface area (Å²) in [5.41, 5.74) is 13.4. The molecule has 9 aromatic rings. The van der Waals surface area contributed by atoms with Crippen molar-refractivity contribution in [2.75, 3.05) is 4.90 Å². The fraction of sp³-hybridized carbons (Fsp3) is 0.0182. The molecule has 0 fully saturated rings. The van der Waals surface area contributed by atoms with Crippen LogP contribution in [0.25, 0.3) is 22.3 Å². The van der Waals surface area contributed by atoms with E-state index in [1.54, 1.807) is 0 Å². The Morgan fingerprint density at radius 2 is 0.810 bits per heavy atom. The molecule has 0 saturated carbocycles. The standard InChI is InChI=1S/C55H37NSSi/c1-4-18-38(19-5-1)55(39-20-6-2-7-21-39)47-27-13-10-24-43(47)44-34-32-41(36-48(44)55)56(40-22-8-3-9-23-40)42-33-35-54-50(37-42)57-49-28-14-17-31-53(49)58(54)51-29-15-11-25-45(51)46-26-12-16-30-52(46)58/h1-37H. The minimum atomic E-state index is -2.60. The largest absolute Gasteiger partial charge is 0.310 e. The van der Waals surface area contributed by atoms with Crippen LogP contribution in [-0.4, -0.2) is 8.07 Å². The van der Waals surface area contributed by atoms with Gasteiger partial charge in [-0.1, -0.05) is 194 Å². The third-order valence-electron chi connectivity index (χ3n) is 12.8. The quantitative estimate of drug-likeness (QED) is 0.160. The summed E-state index contributed by atoms with van der Waals surface area (Å²) in [6, 6.07) is 84.2. The molecule has 0 atom stereocenters. The summed E-state index contributed by atoms with van der Waals surface area (Å²) < 4.78 is 0. The summed E-state index contributed by atoms with van der Waals surface area (Å²) in [6.07, 6.45) is 0. The molecule has 12 rings (SSSR count). The van der Waals surface area contributed by atoms with E-state index in [1.807, 2.05) is 11.8 Å². The van der Waals surface area contributed by atoms with Gasteiger partial charge in [-0.05, 0) is 108 Å². The van der Waals surface area contributed by atoms with E-state index in [9.17, 15) is 0 Å². The van der Waals surface area contributed by atoms with Crippen molar-refractivity contribution in [3.63, 3.8) is 0 Å². The van der Waals surface area contributed by atoms with Gasteiger partial charge in [-0.2, -0.15) is 0 Å². The molecule has 9 aromatic carbocycles. The molecule has 0 bridgehead atoms. The first-order valence-corrected chi connectivity index (χ1v) is 22.9. The molecular formula is C55H37NSSi. The van der Waals surface area contributed by atoms with Gasteiger partial charge in [0.2, 0.25) is 0 Å². The number of para-hydroxylation sites is 1. The van der Waals surface area contributed by atoms with Crippen LogP contribution in [0.1, 0.15) is 22.3 Å². The average Bonchev–Trinajstić information content (AvgIpc) is 3.76. The minimum absolute atomic E-state index is 0.483. The van der Waals surface area contributed by atoms with Crippen molar-refractivity contribution in [3.8, 4) is 22.3 Å². The molecule has 272 valence electrons. The molecule has 0 radical (unpaired) electrons. The molecule has 58 heavy (non-hydrogen) atoms. The Kier molecular flexibility index (Phi) is 7.47. The predicted octanol–water partition coefficient (Wildman–Crippen LogP) is 11.3. The number of nitrogens with zero attached hydrogens (tertiary/aromatic N) is 1. The predicted molar refractivity (Wildman–Crippen MR) is 245 cm³/mol. The van der Waals surface area contributed by atoms with Crippen LogP contribution >= 0.6 is 11.8 Å². The Hall–Kier alpha value is -6.65. The van der Waals surface area contributed by atoms with Crippen LogP contribution in [0, 0.1) is 0 Å². The van der Waals surface area contributed by atoms with Gasteiger partial charge in [0.1, 0.15) is 0 Å². The first-order chi connectivity index (χ1) is 28.8. The Labute approximate surface area is 344 Å². The molecule has 3 heteroatoms. The molecule has 0 N–H and O–H groups in total. The summed E-state index contributed by atoms with van der Waals surface area (Å²) in [5, 5.41) is 5.96. The molecule has 2 heterocycles. The molecule has 1 spiro atoms. The molecule has 1 aliphatic carbocycles. The molecule has 3 aliphatic rings. The number of benzene rings is 9. The normalized spacial score (nSPS) is 14.4. The van der Waals surface area contributed by atoms with Gasteiger partial charge in [-0.15, -0.1) is 0 Å². The smallest absolute Gasteiger partial charge is 0.183 e. The van der Waals surface area contributed by atoms with E-state index in [-0.39, 0.29) is 0 Å². The van der Waals surface area contributed by atoms with Gasteiger partial charge in [-0.25, -0.2) is 0 Å². The number of anilines is 3. The summed E-state index contributed by atoms with van der Waals surface area (Å²) in [6.45, 7) is 0. The van der Waals surface area contributed by atoms with Gasteiger partial charge >= 0.3 is 0 Å². The highest BCUT2D eigenvalue weighted by Gasteiger charge is 2.52. The molecule has 0 aromatic heterocycles. The summed E-state index contributed by atoms with van der Waals surface area (Å²) in [5.74, 6) is 0. The van der Waals surface area contributed by atoms with Crippen molar-refractivity contribution in [2.45, 2.75) is 15.2 Å². The highest BCUT2D eigenvalue weighted by Crippen LogP contribution is 2.57. The van der Waals surface area contributed by atoms with Gasteiger partial charge in [0, 0.05) is 26.9 Å². The number of hydrogen-bond donors (Lipinski definition) is 0. The van der Waals surface area contributed by atoms with Gasteiger partial charge in [0.15, 0.2) is 8.07 Å². The van der Waals surface area contributed by atoms with Crippen LogP contribution in [0.3, 0.4) is 0 Å². The zero-order valence-corrected chi connectivity index (χ0v) is 33.5. The van der Waals surface area contributed by atoms with E-state index >= 15 is 0 Å². The lowest BCUT2D eigenvalue weighted by Crippen LogP contribution is -2.74. The summed E-state index contributed by atoms with van der Waals surface area (Å²) in [7, 11) is -2.60. The molecule has 0 amide bonds. The first-order valence-electron chi connectivity index (χ1n) is 20.1. The van der Waals surface area contributed by atoms with Crippen molar-refractivity contribution in [1.82, 2.24) is 0 Å². The van der Waals surface area contributed by atoms with E-state index < -0.39 is 13.5 Å². The zero-order valence-electron chi connectivity index (χ0n) is 31.7. The van der Waals surface area contributed by atoms with Crippen molar-refractivity contribution in [2.24, 2.45) is 0 Å². The maximum atomic E-state index is 2.48. The van der Waals surface area contributed by atoms with Crippen molar-refractivity contribution in [1.29, 1.82) is 0 Å². The molecule has 1 nitrogen and oxygen atoms in total. The Morgan fingerprint density at radius 1 is 0.328 bits per heavy atom. The topological polar surface area (TPSA) is 3.24 Å². The molecule has 2 aliphatic heterocycles. The number of hydrogen-bond acceptors (Lipinski definition) is 2. The third-order valence-corrected chi connectivity index (χ3v) is 19.3. The average molecular weight is 772 g/mol. The number of fused-ring (bicyclic) bond motifs is 12. The zero-order chi connectivity index (χ0) is 38.3. The molecule has 0 unspecified atom stereocenters. The van der Waals surface area contributed by atoms with Gasteiger partial charge in [0.05, 0.1) is 5.41 Å². The lowest BCUT2D eigenvalue weighted by molar-refractivity contribution is 0.768. The lowest BCUT2D eigenvalue weighted by atomic mass is 9.67. The van der Waals surface area contributed by atoms with E-state index in [4.69, 9.17) is 0 Å². The van der Waals surface area contributed by atoms with Crippen molar-refractivity contribution in [3.05, 3.63) is 247 Å². The fourth-order valence-corrected chi connectivity index (χ4v) is 18.0. The van der Waals surface area contributed by atoms with Crippen LogP contribution in [0.2, 0.25) is 0 Å². The Balaban J connectivity index is 1.10. The highest BCUT2D eigenvalue weighted by molar-refractivity contribution is 8.00. The molecule has 0 saturated heterocycles. The van der Waals surface area contributed by atoms with Crippen molar-refractivity contribution >= 4 is 57.6 Å². The SMILES string of the molecule is c1ccc(N(c2ccc3c(c2)Sc2ccccc2[Si]32c3ccccc3-c3ccccc32)c2ccc3c(c2)C(c2ccccc2)(c2ccccc2)c2ccccc2-3)cc1. The number of rotatable bonds is 5. The lowest BCUT2D eigenvalue weighted by Gasteiger charge is -2.38. The second-order valence-electron chi connectivity index (χ2n) is 15.5. The van der Waals surface area contributed by atoms with Gasteiger partial charge in [-0.3, -0.25) is 0 Å². The summed E-state index contributed by atoms with van der Waals surface area (Å²) >= 11 is 1.93. The maximum absolute atomic E-state index is 2.60. The van der Waals surface area contributed by atoms with Crippen LogP contribution in [0.4, 0.5) is 17.1 Å². The second kappa shape index (κ2) is 12.9. The van der Waals surface area contributed by atoms with Crippen LogP contribution in [-0.2, 0) is 5.41 Å². The maximum Gasteiger partial charge on any atom is 0.183 e. The molecular weight excluding hydrogens is 735 g/mol. The summed E-state index contributed by atoms with van der Waals surface area (Å²) in [4.78, 5) is 5.17. The third kappa shape index (κ3) is 4.54.